The number of rotatable bonds is 16. The van der Waals surface area contributed by atoms with E-state index in [-0.39, 0.29) is 106 Å². The Hall–Kier alpha value is -6.12. The van der Waals surface area contributed by atoms with E-state index < -0.39 is 162 Å². The van der Waals surface area contributed by atoms with Crippen LogP contribution in [0.5, 0.6) is 0 Å². The Morgan fingerprint density at radius 1 is 0.638 bits per heavy atom. The minimum atomic E-state index is -1.58. The third-order valence-electron chi connectivity index (χ3n) is 24.2. The number of carbonyl (C=O) groups excluding carboxylic acids is 12. The van der Waals surface area contributed by atoms with Crippen LogP contribution in [0.4, 0.5) is 0 Å². The molecule has 105 heavy (non-hydrogen) atoms. The summed E-state index contributed by atoms with van der Waals surface area (Å²) in [5, 5.41) is 8.55. The van der Waals surface area contributed by atoms with Crippen LogP contribution >= 0.6 is 23.2 Å². The maximum Gasteiger partial charge on any atom is 0.248 e. The van der Waals surface area contributed by atoms with Gasteiger partial charge >= 0.3 is 0 Å². The van der Waals surface area contributed by atoms with Gasteiger partial charge in [0.2, 0.25) is 70.9 Å². The van der Waals surface area contributed by atoms with Gasteiger partial charge in [-0.1, -0.05) is 98.1 Å². The van der Waals surface area contributed by atoms with Gasteiger partial charge in [0.25, 0.3) is 0 Å². The molecule has 0 radical (unpaired) electrons. The molecule has 3 aliphatic heterocycles. The molecule has 2 saturated heterocycles. The van der Waals surface area contributed by atoms with Crippen molar-refractivity contribution >= 4 is 94.1 Å². The topological polar surface area (TPSA) is 289 Å². The zero-order chi connectivity index (χ0) is 77.1. The number of halogens is 2. The summed E-state index contributed by atoms with van der Waals surface area (Å²) in [5.74, 6) is -7.11. The van der Waals surface area contributed by atoms with Crippen molar-refractivity contribution in [3.63, 3.8) is 0 Å². The van der Waals surface area contributed by atoms with Crippen LogP contribution in [0.1, 0.15) is 196 Å². The first-order valence-electron chi connectivity index (χ1n) is 39.1. The van der Waals surface area contributed by atoms with Crippen LogP contribution in [0.3, 0.4) is 0 Å². The van der Waals surface area contributed by atoms with Crippen molar-refractivity contribution in [2.24, 2.45) is 35.0 Å². The number of nitrogens with one attached hydrogen (secondary N) is 3. The predicted molar refractivity (Wildman–Crippen MR) is 399 cm³/mol. The van der Waals surface area contributed by atoms with Crippen molar-refractivity contribution < 1.29 is 67.0 Å². The van der Waals surface area contributed by atoms with E-state index in [1.807, 2.05) is 39.8 Å². The standard InChI is InChI=1S/C77H124Cl2N12O14/c1-15-48(5)66-74(102)90(52-31-32-52)43-65(94)85(11)57-24-19-18-20-35-89(73(57)101)61(38-51-27-25-47(4)26-28-51)71(99)84(10)42-63(92)80-56(34-30-50-29-33-54(78)55(79)36-50)69(97)91-41-53(105-17-3)39-58(91)68(96)82-77(45-76(6,7)46-77)75(103)88(14)59(37-49-22-21-23-49)72(100)87(13)60(70(98)83(8)9)40-64(93)86(12)62(44-104-16-2)67(95)81-66/h18-19,47-62,66H,15-17,20-46H2,1-14H3,(H,80,92)(H,81,95)(H,82,96)/b19-18-/t47?,48-,50?,51?,53+,54?,55?,56-,57-,58-,59-,60-,61-,62-,66-/m0/s1. The van der Waals surface area contributed by atoms with Crippen molar-refractivity contribution in [3.8, 4) is 0 Å². The monoisotopic (exact) mass is 1510 g/mol. The number of carbonyl (C=O) groups is 12. The normalized spacial score (nSPS) is 32.6. The molecule has 7 fully saturated rings. The Labute approximate surface area is 633 Å². The van der Waals surface area contributed by atoms with Gasteiger partial charge in [-0.05, 0) is 132 Å². The minimum Gasteiger partial charge on any atom is -0.379 e. The second-order valence-electron chi connectivity index (χ2n) is 33.1. The molecular weight excluding hydrogens is 1390 g/mol. The Morgan fingerprint density at radius 2 is 1.30 bits per heavy atom. The van der Waals surface area contributed by atoms with E-state index >= 15 is 43.2 Å². The average Bonchev–Trinajstić information content (AvgIpc) is 1.58. The van der Waals surface area contributed by atoms with E-state index in [0.29, 0.717) is 57.3 Å². The lowest BCUT2D eigenvalue weighted by molar-refractivity contribution is -0.160. The number of alkyl halides is 2. The highest BCUT2D eigenvalue weighted by Gasteiger charge is 2.59. The van der Waals surface area contributed by atoms with Crippen molar-refractivity contribution in [2.45, 2.75) is 273 Å². The highest BCUT2D eigenvalue weighted by molar-refractivity contribution is 6.30. The number of fused-ring (bicyclic) bond motifs is 3. The van der Waals surface area contributed by atoms with E-state index in [1.165, 1.54) is 83.6 Å². The molecule has 0 aromatic rings. The average molecular weight is 1510 g/mol. The fraction of sp³-hybridized carbons (Fsp3) is 0.818. The molecule has 0 aromatic carbocycles. The van der Waals surface area contributed by atoms with Gasteiger partial charge in [-0.3, -0.25) is 57.5 Å². The molecule has 0 aromatic heterocycles. The molecule has 13 atom stereocenters. The maximum atomic E-state index is 15.8. The van der Waals surface area contributed by atoms with Crippen molar-refractivity contribution in [1.82, 2.24) is 60.0 Å². The van der Waals surface area contributed by atoms with Gasteiger partial charge in [-0.15, -0.1) is 23.2 Å². The molecule has 8 rings (SSSR count). The van der Waals surface area contributed by atoms with Crippen LogP contribution in [-0.4, -0.2) is 287 Å². The Bertz CT molecular complexity index is 3130. The zero-order valence-corrected chi connectivity index (χ0v) is 66.7. The van der Waals surface area contributed by atoms with Gasteiger partial charge in [0.05, 0.1) is 31.1 Å². The molecule has 3 unspecified atom stereocenters. The first-order valence-corrected chi connectivity index (χ1v) is 40.0. The summed E-state index contributed by atoms with van der Waals surface area (Å²) in [6.45, 7) is 12.6. The summed E-state index contributed by atoms with van der Waals surface area (Å²) < 4.78 is 12.0. The van der Waals surface area contributed by atoms with E-state index in [0.717, 1.165) is 56.3 Å². The third-order valence-corrected chi connectivity index (χ3v) is 25.4. The van der Waals surface area contributed by atoms with Crippen molar-refractivity contribution in [3.05, 3.63) is 12.2 Å². The molecule has 3 N–H and O–H groups in total. The Balaban J connectivity index is 1.21. The molecule has 1 spiro atoms. The molecule has 26 nitrogen and oxygen atoms in total. The maximum absolute atomic E-state index is 15.8. The summed E-state index contributed by atoms with van der Waals surface area (Å²) in [4.78, 5) is 195. The van der Waals surface area contributed by atoms with Gasteiger partial charge in [0.15, 0.2) is 0 Å². The van der Waals surface area contributed by atoms with E-state index in [2.05, 4.69) is 22.9 Å². The highest BCUT2D eigenvalue weighted by atomic mass is 35.5. The molecule has 12 amide bonds. The van der Waals surface area contributed by atoms with E-state index in [9.17, 15) is 14.4 Å². The Kier molecular flexibility index (Phi) is 30.0. The predicted octanol–water partition coefficient (Wildman–Crippen LogP) is 5.72. The van der Waals surface area contributed by atoms with Crippen LogP contribution < -0.4 is 16.0 Å². The molecule has 8 aliphatic rings. The smallest absolute Gasteiger partial charge is 0.248 e. The fourth-order valence-electron chi connectivity index (χ4n) is 17.2. The first-order chi connectivity index (χ1) is 49.6. The lowest BCUT2D eigenvalue weighted by Crippen LogP contribution is -2.71. The van der Waals surface area contributed by atoms with Crippen molar-refractivity contribution in [2.75, 3.05) is 95.3 Å². The molecule has 3 heterocycles. The van der Waals surface area contributed by atoms with Gasteiger partial charge in [0, 0.05) is 93.5 Å². The largest absolute Gasteiger partial charge is 0.379 e. The number of hydrogen-bond acceptors (Lipinski definition) is 14. The van der Waals surface area contributed by atoms with Gasteiger partial charge < -0.3 is 69.5 Å². The quantitative estimate of drug-likeness (QED) is 0.123. The molecular formula is C77H124Cl2N12O14. The zero-order valence-electron chi connectivity index (χ0n) is 65.2. The fourth-order valence-corrected chi connectivity index (χ4v) is 17.8. The van der Waals surface area contributed by atoms with Gasteiger partial charge in [-0.2, -0.15) is 0 Å². The second-order valence-corrected chi connectivity index (χ2v) is 34.2. The van der Waals surface area contributed by atoms with Gasteiger partial charge in [-0.25, -0.2) is 0 Å². The van der Waals surface area contributed by atoms with Crippen LogP contribution in [0.2, 0.25) is 0 Å². The highest BCUT2D eigenvalue weighted by Crippen LogP contribution is 2.50. The van der Waals surface area contributed by atoms with Crippen LogP contribution in [0.25, 0.3) is 0 Å². The molecule has 590 valence electrons. The lowest BCUT2D eigenvalue weighted by atomic mass is 9.58. The van der Waals surface area contributed by atoms with Crippen LogP contribution in [0, 0.1) is 35.0 Å². The van der Waals surface area contributed by atoms with E-state index in [1.54, 1.807) is 18.7 Å². The van der Waals surface area contributed by atoms with Crippen molar-refractivity contribution in [1.29, 1.82) is 0 Å². The number of nitrogens with zero attached hydrogens (tertiary/aromatic N) is 9. The second kappa shape index (κ2) is 37.3. The first kappa shape index (κ1) is 84.5. The number of ether oxygens (including phenoxy) is 2. The molecule has 2 bridgehead atoms. The van der Waals surface area contributed by atoms with Crippen LogP contribution in [0.15, 0.2) is 12.2 Å². The number of hydrogen-bond donors (Lipinski definition) is 3. The minimum absolute atomic E-state index is 0.0202. The van der Waals surface area contributed by atoms with Crippen LogP contribution in [-0.2, 0) is 67.0 Å². The van der Waals surface area contributed by atoms with E-state index in [4.69, 9.17) is 32.7 Å². The summed E-state index contributed by atoms with van der Waals surface area (Å²) in [5.41, 5.74) is -2.05. The lowest BCUT2D eigenvalue weighted by Gasteiger charge is -2.54. The Morgan fingerprint density at radius 3 is 1.90 bits per heavy atom. The summed E-state index contributed by atoms with van der Waals surface area (Å²) in [7, 11) is 10.3. The summed E-state index contributed by atoms with van der Waals surface area (Å²) in [6.07, 6.45) is 13.9. The molecule has 5 aliphatic carbocycles. The van der Waals surface area contributed by atoms with Gasteiger partial charge in [0.1, 0.15) is 60.4 Å². The summed E-state index contributed by atoms with van der Waals surface area (Å²) >= 11 is 13.4. The third kappa shape index (κ3) is 21.0. The summed E-state index contributed by atoms with van der Waals surface area (Å²) in [6, 6.07) is -10.2. The molecule has 5 saturated carbocycles. The molecule has 28 heteroatoms. The SMILES string of the molecule is CCOC[C@H]1C(=O)N[C@@H]([C@@H](C)CC)C(=O)N(C2CC2)CC(=O)N(C)[C@H]2C/C=C\CCN(C2=O)[C@@H](CC2CCC(C)CC2)C(=O)N(C)CC(=O)N[C@@H](CCC2CCC(Cl)C(Cl)C2)C(=O)N2C[C@H](OCC)C[C@H]2C(=O)NC2(CC(C)(C)C2)C(=O)N(C)[C@@H](CC2CCC2)C(=O)N(C)[C@H](C(=O)N(C)C)CC(=O)N1C. The number of amides is 12. The number of likely N-dealkylation sites (N-methyl/N-ethyl adjacent to an activating group) is 6.